The predicted octanol–water partition coefficient (Wildman–Crippen LogP) is 3.65. The number of hydrazone groups is 1. The van der Waals surface area contributed by atoms with Gasteiger partial charge in [-0.25, -0.2) is 10.2 Å². The van der Waals surface area contributed by atoms with Gasteiger partial charge in [-0.1, -0.05) is 42.1 Å². The van der Waals surface area contributed by atoms with Gasteiger partial charge in [0.05, 0.1) is 19.1 Å². The molecule has 0 aliphatic rings. The van der Waals surface area contributed by atoms with Gasteiger partial charge < -0.3 is 14.6 Å². The molecule has 0 aliphatic heterocycles. The Morgan fingerprint density at radius 2 is 1.76 bits per heavy atom. The number of nitrogens with one attached hydrogen (secondary N) is 1. The number of carboxylic acids is 1. The fourth-order valence-corrected chi connectivity index (χ4v) is 4.04. The normalized spacial score (nSPS) is 10.8. The molecule has 11 heteroatoms. The van der Waals surface area contributed by atoms with Crippen LogP contribution in [0.2, 0.25) is 0 Å². The summed E-state index contributed by atoms with van der Waals surface area (Å²) in [4.78, 5) is 23.2. The molecular weight excluding hydrogens is 494 g/mol. The Hall–Kier alpha value is -4.64. The minimum absolute atomic E-state index is 0.0437. The Bertz CT molecular complexity index is 1390. The molecular formula is C26H23N5O5S. The molecule has 0 bridgehead atoms. The summed E-state index contributed by atoms with van der Waals surface area (Å²) in [7, 11) is 1.61. The van der Waals surface area contributed by atoms with Crippen LogP contribution in [-0.4, -0.2) is 57.4 Å². The molecule has 2 N–H and O–H groups in total. The highest BCUT2D eigenvalue weighted by atomic mass is 32.2. The van der Waals surface area contributed by atoms with Gasteiger partial charge in [0.1, 0.15) is 11.5 Å². The van der Waals surface area contributed by atoms with Crippen LogP contribution >= 0.6 is 11.8 Å². The molecule has 4 aromatic rings. The third-order valence-electron chi connectivity index (χ3n) is 4.99. The number of rotatable bonds is 11. The second-order valence-electron chi connectivity index (χ2n) is 7.51. The molecule has 0 radical (unpaired) electrons. The van der Waals surface area contributed by atoms with E-state index in [4.69, 9.17) is 14.6 Å². The number of carbonyl (C=O) groups is 2. The van der Waals surface area contributed by atoms with Crippen molar-refractivity contribution in [2.45, 2.75) is 5.16 Å². The molecule has 4 rings (SSSR count). The average Bonchev–Trinajstić information content (AvgIpc) is 3.36. The SMILES string of the molecule is COc1ccc(-c2nnc(SCC(=O)N/N=C\c3ccccc3OCC(=O)O)n2-c2ccccc2)cc1. The lowest BCUT2D eigenvalue weighted by molar-refractivity contribution is -0.139. The lowest BCUT2D eigenvalue weighted by atomic mass is 10.2. The first-order chi connectivity index (χ1) is 18.0. The molecule has 0 fully saturated rings. The number of methoxy groups -OCH3 is 1. The molecule has 1 aromatic heterocycles. The van der Waals surface area contributed by atoms with E-state index in [0.29, 0.717) is 22.3 Å². The van der Waals surface area contributed by atoms with Crippen LogP contribution in [0.15, 0.2) is 89.1 Å². The number of nitrogens with zero attached hydrogens (tertiary/aromatic N) is 4. The van der Waals surface area contributed by atoms with Gasteiger partial charge >= 0.3 is 5.97 Å². The third kappa shape index (κ3) is 6.73. The molecule has 188 valence electrons. The quantitative estimate of drug-likeness (QED) is 0.175. The number of aromatic nitrogens is 3. The number of hydrogen-bond donors (Lipinski definition) is 2. The van der Waals surface area contributed by atoms with Crippen LogP contribution in [0, 0.1) is 0 Å². The average molecular weight is 518 g/mol. The summed E-state index contributed by atoms with van der Waals surface area (Å²) >= 11 is 1.22. The maximum absolute atomic E-state index is 12.5. The van der Waals surface area contributed by atoms with Crippen LogP contribution in [0.4, 0.5) is 0 Å². The summed E-state index contributed by atoms with van der Waals surface area (Å²) < 4.78 is 12.4. The van der Waals surface area contributed by atoms with Crippen molar-refractivity contribution in [2.75, 3.05) is 19.5 Å². The minimum atomic E-state index is -1.09. The van der Waals surface area contributed by atoms with E-state index in [9.17, 15) is 9.59 Å². The highest BCUT2D eigenvalue weighted by Gasteiger charge is 2.17. The Labute approximate surface area is 217 Å². The molecule has 0 aliphatic carbocycles. The monoisotopic (exact) mass is 517 g/mol. The molecule has 1 amide bonds. The van der Waals surface area contributed by atoms with Gasteiger partial charge in [0.25, 0.3) is 5.91 Å². The van der Waals surface area contributed by atoms with Gasteiger partial charge in [-0.3, -0.25) is 9.36 Å². The van der Waals surface area contributed by atoms with Gasteiger partial charge in [-0.15, -0.1) is 10.2 Å². The van der Waals surface area contributed by atoms with E-state index in [0.717, 1.165) is 17.0 Å². The van der Waals surface area contributed by atoms with Crippen LogP contribution < -0.4 is 14.9 Å². The van der Waals surface area contributed by atoms with Gasteiger partial charge in [0.15, 0.2) is 17.6 Å². The lowest BCUT2D eigenvalue weighted by Crippen LogP contribution is -2.20. The summed E-state index contributed by atoms with van der Waals surface area (Å²) in [5, 5.41) is 22.0. The standard InChI is InChI=1S/C26H23N5O5S/c1-35-21-13-11-18(12-14-21)25-29-30-26(31(25)20-8-3-2-4-9-20)37-17-23(32)28-27-15-19-7-5-6-10-22(19)36-16-24(33)34/h2-15H,16-17H2,1H3,(H,28,32)(H,33,34)/b27-15-. The lowest BCUT2D eigenvalue weighted by Gasteiger charge is -2.10. The molecule has 0 saturated heterocycles. The van der Waals surface area contributed by atoms with Crippen molar-refractivity contribution in [1.82, 2.24) is 20.2 Å². The number of hydrogen-bond acceptors (Lipinski definition) is 8. The Kier molecular flexibility index (Phi) is 8.50. The number of carboxylic acid groups (broad SMARTS) is 1. The Morgan fingerprint density at radius 3 is 2.49 bits per heavy atom. The zero-order valence-electron chi connectivity index (χ0n) is 19.8. The molecule has 3 aromatic carbocycles. The number of amides is 1. The van der Waals surface area contributed by atoms with Crippen LogP contribution in [-0.2, 0) is 9.59 Å². The number of aliphatic carboxylic acids is 1. The van der Waals surface area contributed by atoms with Crippen molar-refractivity contribution < 1.29 is 24.2 Å². The zero-order chi connectivity index (χ0) is 26.0. The first-order valence-electron chi connectivity index (χ1n) is 11.1. The number of thioether (sulfide) groups is 1. The highest BCUT2D eigenvalue weighted by Crippen LogP contribution is 2.29. The van der Waals surface area contributed by atoms with Crippen molar-refractivity contribution in [1.29, 1.82) is 0 Å². The molecule has 10 nitrogen and oxygen atoms in total. The number of carbonyl (C=O) groups excluding carboxylic acids is 1. The number of benzene rings is 3. The Balaban J connectivity index is 1.45. The maximum Gasteiger partial charge on any atom is 0.341 e. The molecule has 37 heavy (non-hydrogen) atoms. The smallest absolute Gasteiger partial charge is 0.341 e. The molecule has 1 heterocycles. The fourth-order valence-electron chi connectivity index (χ4n) is 3.29. The van der Waals surface area contributed by atoms with Crippen LogP contribution in [0.1, 0.15) is 5.56 Å². The Morgan fingerprint density at radius 1 is 1.03 bits per heavy atom. The molecule has 0 unspecified atom stereocenters. The summed E-state index contributed by atoms with van der Waals surface area (Å²) in [5.74, 6) is 0.320. The van der Waals surface area contributed by atoms with Gasteiger partial charge in [-0.2, -0.15) is 5.10 Å². The van der Waals surface area contributed by atoms with Crippen molar-refractivity contribution >= 4 is 29.9 Å². The first-order valence-corrected chi connectivity index (χ1v) is 12.1. The third-order valence-corrected chi connectivity index (χ3v) is 5.92. The van der Waals surface area contributed by atoms with E-state index in [2.05, 4.69) is 20.7 Å². The van der Waals surface area contributed by atoms with Crippen molar-refractivity contribution in [3.8, 4) is 28.6 Å². The molecule has 0 saturated carbocycles. The van der Waals surface area contributed by atoms with Gasteiger partial charge in [-0.05, 0) is 48.5 Å². The summed E-state index contributed by atoms with van der Waals surface area (Å²) in [6.07, 6.45) is 1.40. The predicted molar refractivity (Wildman–Crippen MR) is 139 cm³/mol. The van der Waals surface area contributed by atoms with Gasteiger partial charge in [0, 0.05) is 16.8 Å². The second-order valence-corrected chi connectivity index (χ2v) is 8.45. The molecule has 0 spiro atoms. The van der Waals surface area contributed by atoms with E-state index in [1.54, 1.807) is 31.4 Å². The molecule has 0 atom stereocenters. The van der Waals surface area contributed by atoms with Crippen LogP contribution in [0.5, 0.6) is 11.5 Å². The zero-order valence-corrected chi connectivity index (χ0v) is 20.6. The summed E-state index contributed by atoms with van der Waals surface area (Å²) in [5.41, 5.74) is 4.71. The van der Waals surface area contributed by atoms with E-state index < -0.39 is 12.6 Å². The fraction of sp³-hybridized carbons (Fsp3) is 0.115. The number of ether oxygens (including phenoxy) is 2. The van der Waals surface area contributed by atoms with Crippen molar-refractivity contribution in [3.63, 3.8) is 0 Å². The second kappa shape index (κ2) is 12.4. The van der Waals surface area contributed by atoms with E-state index in [1.165, 1.54) is 18.0 Å². The highest BCUT2D eigenvalue weighted by molar-refractivity contribution is 7.99. The largest absolute Gasteiger partial charge is 0.497 e. The first kappa shape index (κ1) is 25.5. The van der Waals surface area contributed by atoms with Gasteiger partial charge in [0.2, 0.25) is 0 Å². The van der Waals surface area contributed by atoms with Crippen LogP contribution in [0.3, 0.4) is 0 Å². The van der Waals surface area contributed by atoms with Crippen molar-refractivity contribution in [2.24, 2.45) is 5.10 Å². The van der Waals surface area contributed by atoms with E-state index in [-0.39, 0.29) is 11.7 Å². The minimum Gasteiger partial charge on any atom is -0.497 e. The van der Waals surface area contributed by atoms with Crippen molar-refractivity contribution in [3.05, 3.63) is 84.4 Å². The topological polar surface area (TPSA) is 128 Å². The number of para-hydroxylation sites is 2. The summed E-state index contributed by atoms with van der Waals surface area (Å²) in [6.45, 7) is -0.478. The van der Waals surface area contributed by atoms with E-state index >= 15 is 0 Å². The van der Waals surface area contributed by atoms with Crippen LogP contribution in [0.25, 0.3) is 17.1 Å². The summed E-state index contributed by atoms with van der Waals surface area (Å²) in [6, 6.07) is 23.9. The van der Waals surface area contributed by atoms with E-state index in [1.807, 2.05) is 59.2 Å². The maximum atomic E-state index is 12.5.